The Morgan fingerprint density at radius 2 is 2.00 bits per heavy atom. The Morgan fingerprint density at radius 3 is 2.64 bits per heavy atom. The summed E-state index contributed by atoms with van der Waals surface area (Å²) in [5.41, 5.74) is 0.507. The molecule has 0 spiro atoms. The third kappa shape index (κ3) is 3.53. The maximum absolute atomic E-state index is 11.7. The lowest BCUT2D eigenvalue weighted by molar-refractivity contribution is -0.384. The second-order valence-electron chi connectivity index (χ2n) is 4.31. The van der Waals surface area contributed by atoms with E-state index in [-0.39, 0.29) is 23.6 Å². The standard InChI is InChI=1S/C15H12ClNO5/c1-21-15(18)12-8-11(17(19)20)6-7-14(12)22-9-10-4-2-3-5-13(10)16/h2-8H,9H2,1H3. The number of ether oxygens (including phenoxy) is 2. The van der Waals surface area contributed by atoms with Crippen molar-refractivity contribution in [1.82, 2.24) is 0 Å². The first-order valence-electron chi connectivity index (χ1n) is 6.26. The normalized spacial score (nSPS) is 10.1. The summed E-state index contributed by atoms with van der Waals surface area (Å²) in [6, 6.07) is 10.8. The summed E-state index contributed by atoms with van der Waals surface area (Å²) in [4.78, 5) is 21.9. The van der Waals surface area contributed by atoms with Crippen molar-refractivity contribution in [2.75, 3.05) is 7.11 Å². The third-order valence-corrected chi connectivity index (χ3v) is 3.29. The number of methoxy groups -OCH3 is 1. The van der Waals surface area contributed by atoms with Crippen molar-refractivity contribution in [2.24, 2.45) is 0 Å². The molecule has 6 nitrogen and oxygen atoms in total. The summed E-state index contributed by atoms with van der Waals surface area (Å²) in [6.45, 7) is 0.126. The van der Waals surface area contributed by atoms with Crippen LogP contribution in [0.4, 0.5) is 5.69 Å². The minimum absolute atomic E-state index is 0.0104. The molecule has 22 heavy (non-hydrogen) atoms. The zero-order chi connectivity index (χ0) is 16.1. The molecule has 0 N–H and O–H groups in total. The van der Waals surface area contributed by atoms with E-state index in [9.17, 15) is 14.9 Å². The number of hydrogen-bond donors (Lipinski definition) is 0. The van der Waals surface area contributed by atoms with Crippen LogP contribution in [0.25, 0.3) is 0 Å². The Labute approximate surface area is 131 Å². The second-order valence-corrected chi connectivity index (χ2v) is 4.72. The average molecular weight is 322 g/mol. The van der Waals surface area contributed by atoms with Crippen molar-refractivity contribution in [3.05, 3.63) is 68.7 Å². The number of nitro benzene ring substituents is 1. The molecular formula is C15H12ClNO5. The summed E-state index contributed by atoms with van der Waals surface area (Å²) < 4.78 is 10.2. The van der Waals surface area contributed by atoms with Gasteiger partial charge in [0.1, 0.15) is 17.9 Å². The Hall–Kier alpha value is -2.60. The maximum atomic E-state index is 11.7. The molecule has 0 saturated carbocycles. The van der Waals surface area contributed by atoms with E-state index in [0.717, 1.165) is 11.6 Å². The van der Waals surface area contributed by atoms with E-state index in [1.807, 2.05) is 6.07 Å². The van der Waals surface area contributed by atoms with Crippen LogP contribution < -0.4 is 4.74 Å². The van der Waals surface area contributed by atoms with Crippen molar-refractivity contribution in [2.45, 2.75) is 6.61 Å². The van der Waals surface area contributed by atoms with Crippen LogP contribution >= 0.6 is 11.6 Å². The van der Waals surface area contributed by atoms with Gasteiger partial charge in [-0.15, -0.1) is 0 Å². The molecule has 0 atom stereocenters. The zero-order valence-electron chi connectivity index (χ0n) is 11.6. The molecular weight excluding hydrogens is 310 g/mol. The molecule has 2 aromatic rings. The van der Waals surface area contributed by atoms with Crippen LogP contribution in [0.1, 0.15) is 15.9 Å². The first-order chi connectivity index (χ1) is 10.5. The molecule has 7 heteroatoms. The summed E-state index contributed by atoms with van der Waals surface area (Å²) >= 11 is 6.03. The lowest BCUT2D eigenvalue weighted by atomic mass is 10.1. The van der Waals surface area contributed by atoms with E-state index < -0.39 is 10.9 Å². The Kier molecular flexibility index (Phi) is 4.95. The highest BCUT2D eigenvalue weighted by Gasteiger charge is 2.18. The molecule has 114 valence electrons. The summed E-state index contributed by atoms with van der Waals surface area (Å²) in [5, 5.41) is 11.3. The third-order valence-electron chi connectivity index (χ3n) is 2.92. The van der Waals surface area contributed by atoms with E-state index >= 15 is 0 Å². The molecule has 2 aromatic carbocycles. The highest BCUT2D eigenvalue weighted by molar-refractivity contribution is 6.31. The molecule has 0 radical (unpaired) electrons. The number of esters is 1. The minimum Gasteiger partial charge on any atom is -0.488 e. The number of carbonyl (C=O) groups is 1. The van der Waals surface area contributed by atoms with E-state index in [1.165, 1.54) is 19.2 Å². The molecule has 0 aliphatic heterocycles. The van der Waals surface area contributed by atoms with Crippen molar-refractivity contribution >= 4 is 23.3 Å². The van der Waals surface area contributed by atoms with E-state index in [0.29, 0.717) is 5.02 Å². The van der Waals surface area contributed by atoms with Gasteiger partial charge in [0.05, 0.1) is 12.0 Å². The molecule has 0 heterocycles. The Morgan fingerprint density at radius 1 is 1.27 bits per heavy atom. The number of benzene rings is 2. The van der Waals surface area contributed by atoms with Gasteiger partial charge in [0.2, 0.25) is 0 Å². The van der Waals surface area contributed by atoms with Gasteiger partial charge < -0.3 is 9.47 Å². The topological polar surface area (TPSA) is 78.7 Å². The first kappa shape index (κ1) is 15.8. The van der Waals surface area contributed by atoms with E-state index in [1.54, 1.807) is 18.2 Å². The first-order valence-corrected chi connectivity index (χ1v) is 6.63. The van der Waals surface area contributed by atoms with Crippen LogP contribution in [-0.4, -0.2) is 18.0 Å². The zero-order valence-corrected chi connectivity index (χ0v) is 12.4. The Bertz CT molecular complexity index is 717. The number of halogens is 1. The van der Waals surface area contributed by atoms with Crippen molar-refractivity contribution in [1.29, 1.82) is 0 Å². The van der Waals surface area contributed by atoms with Crippen LogP contribution in [0.15, 0.2) is 42.5 Å². The summed E-state index contributed by atoms with van der Waals surface area (Å²) in [6.07, 6.45) is 0. The van der Waals surface area contributed by atoms with Gasteiger partial charge in [-0.2, -0.15) is 0 Å². The number of nitro groups is 1. The number of nitrogens with zero attached hydrogens (tertiary/aromatic N) is 1. The van der Waals surface area contributed by atoms with Crippen molar-refractivity contribution in [3.8, 4) is 5.75 Å². The molecule has 0 aliphatic carbocycles. The number of rotatable bonds is 5. The monoisotopic (exact) mass is 321 g/mol. The van der Waals surface area contributed by atoms with Crippen LogP contribution in [0.2, 0.25) is 5.02 Å². The number of hydrogen-bond acceptors (Lipinski definition) is 5. The number of non-ortho nitro benzene ring substituents is 1. The van der Waals surface area contributed by atoms with Crippen LogP contribution in [-0.2, 0) is 11.3 Å². The van der Waals surface area contributed by atoms with Crippen LogP contribution in [0.3, 0.4) is 0 Å². The molecule has 0 amide bonds. The smallest absolute Gasteiger partial charge is 0.341 e. The predicted octanol–water partition coefficient (Wildman–Crippen LogP) is 3.61. The van der Waals surface area contributed by atoms with Gasteiger partial charge in [0.25, 0.3) is 5.69 Å². The molecule has 0 aliphatic rings. The fourth-order valence-electron chi connectivity index (χ4n) is 1.80. The van der Waals surface area contributed by atoms with Gasteiger partial charge in [-0.25, -0.2) is 4.79 Å². The van der Waals surface area contributed by atoms with Gasteiger partial charge in [-0.3, -0.25) is 10.1 Å². The quantitative estimate of drug-likeness (QED) is 0.477. The SMILES string of the molecule is COC(=O)c1cc([N+](=O)[O-])ccc1OCc1ccccc1Cl. The fourth-order valence-corrected chi connectivity index (χ4v) is 1.99. The van der Waals surface area contributed by atoms with Crippen molar-refractivity contribution < 1.29 is 19.2 Å². The molecule has 2 rings (SSSR count). The fraction of sp³-hybridized carbons (Fsp3) is 0.133. The minimum atomic E-state index is -0.710. The van der Waals surface area contributed by atoms with Gasteiger partial charge in [0.15, 0.2) is 0 Å². The molecule has 0 bridgehead atoms. The van der Waals surface area contributed by atoms with Crippen molar-refractivity contribution in [3.63, 3.8) is 0 Å². The van der Waals surface area contributed by atoms with E-state index in [4.69, 9.17) is 16.3 Å². The molecule has 0 saturated heterocycles. The van der Waals surface area contributed by atoms with Crippen LogP contribution in [0.5, 0.6) is 5.75 Å². The highest BCUT2D eigenvalue weighted by Crippen LogP contribution is 2.26. The van der Waals surface area contributed by atoms with Gasteiger partial charge in [-0.05, 0) is 12.1 Å². The lowest BCUT2D eigenvalue weighted by Crippen LogP contribution is -2.07. The lowest BCUT2D eigenvalue weighted by Gasteiger charge is -2.11. The summed E-state index contributed by atoms with van der Waals surface area (Å²) in [5.74, 6) is -0.518. The van der Waals surface area contributed by atoms with Gasteiger partial charge in [-0.1, -0.05) is 29.8 Å². The molecule has 0 unspecified atom stereocenters. The summed E-state index contributed by atoms with van der Waals surface area (Å²) in [7, 11) is 1.19. The van der Waals surface area contributed by atoms with Crippen LogP contribution in [0, 0.1) is 10.1 Å². The maximum Gasteiger partial charge on any atom is 0.341 e. The molecule has 0 fully saturated rings. The average Bonchev–Trinajstić information content (AvgIpc) is 2.53. The second kappa shape index (κ2) is 6.91. The Balaban J connectivity index is 2.28. The largest absolute Gasteiger partial charge is 0.488 e. The highest BCUT2D eigenvalue weighted by atomic mass is 35.5. The van der Waals surface area contributed by atoms with Gasteiger partial charge in [0, 0.05) is 22.7 Å². The van der Waals surface area contributed by atoms with Gasteiger partial charge >= 0.3 is 5.97 Å². The predicted molar refractivity (Wildman–Crippen MR) is 80.2 cm³/mol. The van der Waals surface area contributed by atoms with E-state index in [2.05, 4.69) is 4.74 Å². The number of carbonyl (C=O) groups excluding carboxylic acids is 1. The molecule has 0 aromatic heterocycles.